The molecule has 0 radical (unpaired) electrons. The number of aryl methyl sites for hydroxylation is 1. The van der Waals surface area contributed by atoms with Crippen LogP contribution in [0.25, 0.3) is 10.9 Å². The van der Waals surface area contributed by atoms with E-state index >= 15 is 0 Å². The standard InChI is InChI=1S/C20H18F2N2O3/c1-12(14-10-9-13(21)11-16(14)22)27-19(25)8-4-7-18-23-17-6-3-2-5-15(17)20(26)24-18/h2-3,5-6,9-12H,4,7-8H2,1H3,(H,23,24,26). The zero-order valence-electron chi connectivity index (χ0n) is 14.7. The largest absolute Gasteiger partial charge is 0.458 e. The summed E-state index contributed by atoms with van der Waals surface area (Å²) in [6.45, 7) is 1.52. The van der Waals surface area contributed by atoms with E-state index in [0.29, 0.717) is 29.6 Å². The van der Waals surface area contributed by atoms with Gasteiger partial charge in [-0.2, -0.15) is 0 Å². The molecule has 0 spiro atoms. The van der Waals surface area contributed by atoms with Crippen molar-refractivity contribution in [3.05, 3.63) is 75.8 Å². The van der Waals surface area contributed by atoms with Crippen molar-refractivity contribution in [3.8, 4) is 0 Å². The van der Waals surface area contributed by atoms with Gasteiger partial charge in [0.05, 0.1) is 10.9 Å². The Kier molecular flexibility index (Phi) is 5.59. The highest BCUT2D eigenvalue weighted by Gasteiger charge is 2.16. The summed E-state index contributed by atoms with van der Waals surface area (Å²) in [6, 6.07) is 10.1. The Hall–Kier alpha value is -3.09. The number of benzene rings is 2. The number of hydrogen-bond acceptors (Lipinski definition) is 4. The van der Waals surface area contributed by atoms with Crippen molar-refractivity contribution < 1.29 is 18.3 Å². The molecule has 0 saturated heterocycles. The minimum absolute atomic E-state index is 0.0870. The highest BCUT2D eigenvalue weighted by atomic mass is 19.1. The molecule has 0 amide bonds. The summed E-state index contributed by atoms with van der Waals surface area (Å²) in [5.74, 6) is -1.46. The van der Waals surface area contributed by atoms with Crippen LogP contribution >= 0.6 is 0 Å². The van der Waals surface area contributed by atoms with Gasteiger partial charge in [0.15, 0.2) is 0 Å². The van der Waals surface area contributed by atoms with Gasteiger partial charge in [0, 0.05) is 24.5 Å². The SMILES string of the molecule is CC(OC(=O)CCCc1nc2ccccc2c(=O)[nH]1)c1ccc(F)cc1F. The number of esters is 1. The molecule has 1 unspecified atom stereocenters. The van der Waals surface area contributed by atoms with Crippen LogP contribution in [0.15, 0.2) is 47.3 Å². The fraction of sp³-hybridized carbons (Fsp3) is 0.250. The average molecular weight is 372 g/mol. The van der Waals surface area contributed by atoms with Gasteiger partial charge in [0.2, 0.25) is 0 Å². The third-order valence-corrected chi connectivity index (χ3v) is 4.17. The molecule has 0 aliphatic rings. The van der Waals surface area contributed by atoms with Gasteiger partial charge in [-0.05, 0) is 37.6 Å². The Morgan fingerprint density at radius 2 is 2.00 bits per heavy atom. The third-order valence-electron chi connectivity index (χ3n) is 4.17. The molecule has 3 rings (SSSR count). The summed E-state index contributed by atoms with van der Waals surface area (Å²) in [5.41, 5.74) is 0.489. The minimum Gasteiger partial charge on any atom is -0.458 e. The molecule has 1 atom stereocenters. The van der Waals surface area contributed by atoms with Crippen LogP contribution < -0.4 is 5.56 Å². The van der Waals surface area contributed by atoms with Crippen molar-refractivity contribution in [2.24, 2.45) is 0 Å². The number of ether oxygens (including phenoxy) is 1. The Balaban J connectivity index is 1.56. The topological polar surface area (TPSA) is 72.0 Å². The average Bonchev–Trinajstić information content (AvgIpc) is 2.61. The van der Waals surface area contributed by atoms with E-state index in [9.17, 15) is 18.4 Å². The van der Waals surface area contributed by atoms with E-state index in [4.69, 9.17) is 4.74 Å². The van der Waals surface area contributed by atoms with Gasteiger partial charge in [-0.25, -0.2) is 13.8 Å². The predicted octanol–water partition coefficient (Wildman–Crippen LogP) is 3.83. The zero-order valence-corrected chi connectivity index (χ0v) is 14.7. The first kappa shape index (κ1) is 18.7. The van der Waals surface area contributed by atoms with Crippen LogP contribution in [0.2, 0.25) is 0 Å². The number of H-pyrrole nitrogens is 1. The maximum absolute atomic E-state index is 13.7. The first-order chi connectivity index (χ1) is 12.9. The quantitative estimate of drug-likeness (QED) is 0.668. The maximum Gasteiger partial charge on any atom is 0.306 e. The zero-order chi connectivity index (χ0) is 19.4. The van der Waals surface area contributed by atoms with Gasteiger partial charge in [-0.15, -0.1) is 0 Å². The molecule has 0 saturated carbocycles. The lowest BCUT2D eigenvalue weighted by molar-refractivity contribution is -0.148. The molecule has 0 aliphatic carbocycles. The summed E-state index contributed by atoms with van der Waals surface area (Å²) in [5, 5.41) is 0.510. The van der Waals surface area contributed by atoms with E-state index in [0.717, 1.165) is 12.1 Å². The summed E-state index contributed by atoms with van der Waals surface area (Å²) in [6.07, 6.45) is 0.0772. The number of aromatic amines is 1. The molecule has 5 nitrogen and oxygen atoms in total. The molecule has 3 aromatic rings. The molecular formula is C20H18F2N2O3. The van der Waals surface area contributed by atoms with E-state index in [1.807, 2.05) is 0 Å². The molecule has 7 heteroatoms. The lowest BCUT2D eigenvalue weighted by atomic mass is 10.1. The van der Waals surface area contributed by atoms with Crippen LogP contribution in [0.3, 0.4) is 0 Å². The predicted molar refractivity (Wildman–Crippen MR) is 96.2 cm³/mol. The second-order valence-electron chi connectivity index (χ2n) is 6.18. The number of rotatable bonds is 6. The second-order valence-corrected chi connectivity index (χ2v) is 6.18. The van der Waals surface area contributed by atoms with E-state index in [1.165, 1.54) is 13.0 Å². The van der Waals surface area contributed by atoms with Crippen LogP contribution in [0.5, 0.6) is 0 Å². The number of hydrogen-bond donors (Lipinski definition) is 1. The first-order valence-electron chi connectivity index (χ1n) is 8.56. The summed E-state index contributed by atoms with van der Waals surface area (Å²) in [7, 11) is 0. The molecule has 1 N–H and O–H groups in total. The van der Waals surface area contributed by atoms with Crippen LogP contribution in [0.4, 0.5) is 8.78 Å². The number of para-hydroxylation sites is 1. The Labute approximate surface area is 154 Å². The second kappa shape index (κ2) is 8.07. The molecule has 0 bridgehead atoms. The molecule has 140 valence electrons. The van der Waals surface area contributed by atoms with E-state index < -0.39 is 23.7 Å². The van der Waals surface area contributed by atoms with Crippen molar-refractivity contribution in [2.45, 2.75) is 32.3 Å². The fourth-order valence-electron chi connectivity index (χ4n) is 2.80. The van der Waals surface area contributed by atoms with Crippen LogP contribution in [-0.4, -0.2) is 15.9 Å². The molecule has 27 heavy (non-hydrogen) atoms. The number of carbonyl (C=O) groups is 1. The Bertz CT molecular complexity index is 1030. The fourth-order valence-corrected chi connectivity index (χ4v) is 2.80. The van der Waals surface area contributed by atoms with Crippen molar-refractivity contribution in [3.63, 3.8) is 0 Å². The molecular weight excluding hydrogens is 354 g/mol. The van der Waals surface area contributed by atoms with Gasteiger partial charge in [-0.3, -0.25) is 9.59 Å². The minimum atomic E-state index is -0.822. The normalized spacial score (nSPS) is 12.1. The van der Waals surface area contributed by atoms with Gasteiger partial charge in [0.1, 0.15) is 23.6 Å². The number of nitrogens with zero attached hydrogens (tertiary/aromatic N) is 1. The van der Waals surface area contributed by atoms with Crippen LogP contribution in [0.1, 0.15) is 37.3 Å². The number of aromatic nitrogens is 2. The number of nitrogens with one attached hydrogen (secondary N) is 1. The molecule has 0 aliphatic heterocycles. The smallest absolute Gasteiger partial charge is 0.306 e. The van der Waals surface area contributed by atoms with Crippen molar-refractivity contribution >= 4 is 16.9 Å². The monoisotopic (exact) mass is 372 g/mol. The van der Waals surface area contributed by atoms with Gasteiger partial charge >= 0.3 is 5.97 Å². The lowest BCUT2D eigenvalue weighted by Crippen LogP contribution is -2.13. The highest BCUT2D eigenvalue weighted by molar-refractivity contribution is 5.77. The van der Waals surface area contributed by atoms with Crippen molar-refractivity contribution in [2.75, 3.05) is 0 Å². The summed E-state index contributed by atoms with van der Waals surface area (Å²) < 4.78 is 31.9. The van der Waals surface area contributed by atoms with E-state index in [1.54, 1.807) is 24.3 Å². The molecule has 1 aromatic heterocycles. The van der Waals surface area contributed by atoms with Crippen molar-refractivity contribution in [1.82, 2.24) is 9.97 Å². The van der Waals surface area contributed by atoms with Gasteiger partial charge in [-0.1, -0.05) is 12.1 Å². The van der Waals surface area contributed by atoms with Gasteiger partial charge < -0.3 is 9.72 Å². The number of halogens is 2. The van der Waals surface area contributed by atoms with Crippen molar-refractivity contribution in [1.29, 1.82) is 0 Å². The van der Waals surface area contributed by atoms with Crippen LogP contribution in [0, 0.1) is 11.6 Å². The third kappa shape index (κ3) is 4.55. The highest BCUT2D eigenvalue weighted by Crippen LogP contribution is 2.21. The number of fused-ring (bicyclic) bond motifs is 1. The number of carbonyl (C=O) groups excluding carboxylic acids is 1. The Morgan fingerprint density at radius 3 is 2.78 bits per heavy atom. The molecule has 1 heterocycles. The van der Waals surface area contributed by atoms with Crippen LogP contribution in [-0.2, 0) is 16.0 Å². The summed E-state index contributed by atoms with van der Waals surface area (Å²) >= 11 is 0. The summed E-state index contributed by atoms with van der Waals surface area (Å²) in [4.78, 5) is 31.0. The van der Waals surface area contributed by atoms with E-state index in [2.05, 4.69) is 9.97 Å². The van der Waals surface area contributed by atoms with Gasteiger partial charge in [0.25, 0.3) is 5.56 Å². The lowest BCUT2D eigenvalue weighted by Gasteiger charge is -2.14. The first-order valence-corrected chi connectivity index (χ1v) is 8.56. The van der Waals surface area contributed by atoms with E-state index in [-0.39, 0.29) is 17.5 Å². The molecule has 0 fully saturated rings. The molecule has 2 aromatic carbocycles. The maximum atomic E-state index is 13.7. The Morgan fingerprint density at radius 1 is 1.22 bits per heavy atom.